The third-order valence-corrected chi connectivity index (χ3v) is 6.41. The topological polar surface area (TPSA) is 59.4 Å². The maximum absolute atomic E-state index is 13.4. The van der Waals surface area contributed by atoms with Gasteiger partial charge in [-0.3, -0.25) is 14.9 Å². The molecule has 1 aromatic heterocycles. The fraction of sp³-hybridized carbons (Fsp3) is 0.154. The Labute approximate surface area is 202 Å². The zero-order chi connectivity index (χ0) is 23.2. The summed E-state index contributed by atoms with van der Waals surface area (Å²) in [7, 11) is 1.63. The zero-order valence-electron chi connectivity index (χ0n) is 18.4. The van der Waals surface area contributed by atoms with Crippen LogP contribution in [0.2, 0.25) is 5.02 Å². The molecule has 0 aliphatic carbocycles. The van der Waals surface area contributed by atoms with Crippen molar-refractivity contribution in [3.05, 3.63) is 99.8 Å². The minimum Gasteiger partial charge on any atom is -0.497 e. The van der Waals surface area contributed by atoms with Crippen molar-refractivity contribution in [2.24, 2.45) is 4.99 Å². The Morgan fingerprint density at radius 3 is 2.39 bits per heavy atom. The number of hydrogen-bond donors (Lipinski definition) is 1. The van der Waals surface area contributed by atoms with E-state index in [0.29, 0.717) is 17.8 Å². The van der Waals surface area contributed by atoms with E-state index >= 15 is 0 Å². The second kappa shape index (κ2) is 10.6. The zero-order valence-corrected chi connectivity index (χ0v) is 20.0. The number of H-pyrrole nitrogens is 1. The Bertz CT molecular complexity index is 1290. The van der Waals surface area contributed by atoms with E-state index in [1.54, 1.807) is 23.6 Å². The Hall–Kier alpha value is -3.22. The fourth-order valence-electron chi connectivity index (χ4n) is 3.49. The molecule has 0 atom stereocenters. The lowest BCUT2D eigenvalue weighted by Crippen LogP contribution is -2.19. The van der Waals surface area contributed by atoms with Gasteiger partial charge in [-0.1, -0.05) is 29.8 Å². The van der Waals surface area contributed by atoms with Gasteiger partial charge in [0.1, 0.15) is 5.75 Å². The molecule has 3 aromatic carbocycles. The first-order chi connectivity index (χ1) is 16.1. The van der Waals surface area contributed by atoms with E-state index in [4.69, 9.17) is 21.3 Å². The summed E-state index contributed by atoms with van der Waals surface area (Å²) in [5.74, 6) is 1.56. The number of thioether (sulfide) groups is 1. The van der Waals surface area contributed by atoms with Gasteiger partial charge in [0.25, 0.3) is 5.56 Å². The average molecular weight is 478 g/mol. The van der Waals surface area contributed by atoms with Gasteiger partial charge in [-0.25, -0.2) is 4.68 Å². The van der Waals surface area contributed by atoms with Gasteiger partial charge in [-0.05, 0) is 67.6 Å². The number of aliphatic imine (C=N–C) groups is 1. The molecule has 4 rings (SSSR count). The highest BCUT2D eigenvalue weighted by atomic mass is 35.5. The predicted molar refractivity (Wildman–Crippen MR) is 138 cm³/mol. The Morgan fingerprint density at radius 2 is 1.73 bits per heavy atom. The highest BCUT2D eigenvalue weighted by Gasteiger charge is 2.19. The van der Waals surface area contributed by atoms with Crippen LogP contribution in [0.25, 0.3) is 16.9 Å². The molecule has 0 saturated carbocycles. The van der Waals surface area contributed by atoms with Crippen molar-refractivity contribution in [2.75, 3.05) is 19.4 Å². The van der Waals surface area contributed by atoms with Crippen molar-refractivity contribution in [2.45, 2.75) is 11.8 Å². The molecule has 33 heavy (non-hydrogen) atoms. The van der Waals surface area contributed by atoms with E-state index in [-0.39, 0.29) is 5.56 Å². The van der Waals surface area contributed by atoms with Crippen molar-refractivity contribution >= 4 is 29.1 Å². The number of halogens is 1. The van der Waals surface area contributed by atoms with Crippen LogP contribution in [0.15, 0.2) is 93.5 Å². The second-order valence-electron chi connectivity index (χ2n) is 7.34. The van der Waals surface area contributed by atoms with E-state index in [1.165, 1.54) is 0 Å². The van der Waals surface area contributed by atoms with Crippen molar-refractivity contribution in [3.8, 4) is 22.7 Å². The molecule has 7 heteroatoms. The number of methoxy groups -OCH3 is 1. The molecule has 0 aliphatic rings. The summed E-state index contributed by atoms with van der Waals surface area (Å²) in [6.45, 7) is 2.48. The van der Waals surface area contributed by atoms with Gasteiger partial charge in [0, 0.05) is 33.5 Å². The average Bonchev–Trinajstić information content (AvgIpc) is 3.20. The normalized spacial score (nSPS) is 11.5. The molecule has 0 fully saturated rings. The van der Waals surface area contributed by atoms with Crippen LogP contribution in [-0.2, 0) is 0 Å². The maximum atomic E-state index is 13.4. The van der Waals surface area contributed by atoms with Crippen LogP contribution in [0.3, 0.4) is 0 Å². The molecule has 0 bridgehead atoms. The van der Waals surface area contributed by atoms with E-state index in [0.717, 1.165) is 38.4 Å². The predicted octanol–water partition coefficient (Wildman–Crippen LogP) is 6.10. The summed E-state index contributed by atoms with van der Waals surface area (Å²) in [5.41, 5.74) is 3.54. The number of ether oxygens (including phenoxy) is 1. The number of aromatic amines is 1. The molecule has 168 valence electrons. The van der Waals surface area contributed by atoms with Gasteiger partial charge in [-0.15, -0.1) is 11.8 Å². The van der Waals surface area contributed by atoms with Gasteiger partial charge in [0.05, 0.1) is 24.1 Å². The number of aromatic nitrogens is 2. The minimum atomic E-state index is -0.126. The molecule has 0 aliphatic heterocycles. The molecule has 0 radical (unpaired) electrons. The standard InChI is InChI=1S/C26H24ClN3O2S/c1-18(28-16-17-33-23-14-10-20(27)11-15-23)24-25(19-8-12-22(32-2)13-9-19)29-30(26(24)31)21-6-4-3-5-7-21/h3-15,29H,16-17H2,1-2H3. The molecular formula is C26H24ClN3O2S. The molecule has 1 N–H and O–H groups in total. The summed E-state index contributed by atoms with van der Waals surface area (Å²) in [4.78, 5) is 19.3. The Kier molecular flexibility index (Phi) is 7.37. The largest absolute Gasteiger partial charge is 0.497 e. The van der Waals surface area contributed by atoms with Gasteiger partial charge in [0.15, 0.2) is 0 Å². The molecule has 1 heterocycles. The highest BCUT2D eigenvalue weighted by molar-refractivity contribution is 7.99. The van der Waals surface area contributed by atoms with Crippen molar-refractivity contribution in [3.63, 3.8) is 0 Å². The minimum absolute atomic E-state index is 0.126. The number of para-hydroxylation sites is 1. The van der Waals surface area contributed by atoms with Crippen LogP contribution in [-0.4, -0.2) is 34.9 Å². The molecule has 5 nitrogen and oxygen atoms in total. The summed E-state index contributed by atoms with van der Waals surface area (Å²) in [6.07, 6.45) is 0. The van der Waals surface area contributed by atoms with E-state index < -0.39 is 0 Å². The number of rotatable bonds is 8. The number of hydrogen-bond acceptors (Lipinski definition) is 4. The van der Waals surface area contributed by atoms with Crippen molar-refractivity contribution in [1.29, 1.82) is 0 Å². The van der Waals surface area contributed by atoms with Gasteiger partial charge in [-0.2, -0.15) is 0 Å². The molecule has 0 unspecified atom stereocenters. The third-order valence-electron chi connectivity index (χ3n) is 5.17. The lowest BCUT2D eigenvalue weighted by Gasteiger charge is -2.05. The number of nitrogens with one attached hydrogen (secondary N) is 1. The third kappa shape index (κ3) is 5.41. The SMILES string of the molecule is COc1ccc(-c2[nH]n(-c3ccccc3)c(=O)c2C(C)=NCCSc2ccc(Cl)cc2)cc1. The number of benzene rings is 3. The van der Waals surface area contributed by atoms with E-state index in [1.807, 2.05) is 85.8 Å². The maximum Gasteiger partial charge on any atom is 0.280 e. The summed E-state index contributed by atoms with van der Waals surface area (Å²) < 4.78 is 6.84. The summed E-state index contributed by atoms with van der Waals surface area (Å²) >= 11 is 7.66. The van der Waals surface area contributed by atoms with Crippen molar-refractivity contribution in [1.82, 2.24) is 9.78 Å². The van der Waals surface area contributed by atoms with Crippen LogP contribution < -0.4 is 10.3 Å². The van der Waals surface area contributed by atoms with Gasteiger partial charge < -0.3 is 4.74 Å². The highest BCUT2D eigenvalue weighted by Crippen LogP contribution is 2.25. The Morgan fingerprint density at radius 1 is 1.03 bits per heavy atom. The van der Waals surface area contributed by atoms with Crippen LogP contribution in [0.4, 0.5) is 0 Å². The summed E-state index contributed by atoms with van der Waals surface area (Å²) in [5, 5.41) is 4.01. The van der Waals surface area contributed by atoms with Crippen LogP contribution >= 0.6 is 23.4 Å². The van der Waals surface area contributed by atoms with Crippen LogP contribution in [0.5, 0.6) is 5.75 Å². The molecule has 0 spiro atoms. The monoisotopic (exact) mass is 477 g/mol. The fourth-order valence-corrected chi connectivity index (χ4v) is 4.36. The number of nitrogens with zero attached hydrogens (tertiary/aromatic N) is 2. The van der Waals surface area contributed by atoms with Crippen LogP contribution in [0.1, 0.15) is 12.5 Å². The van der Waals surface area contributed by atoms with Gasteiger partial charge >= 0.3 is 0 Å². The Balaban J connectivity index is 1.64. The smallest absolute Gasteiger partial charge is 0.280 e. The molecule has 4 aromatic rings. The summed E-state index contributed by atoms with van der Waals surface area (Å²) in [6, 6.07) is 24.9. The molecule has 0 amide bonds. The second-order valence-corrected chi connectivity index (χ2v) is 8.94. The van der Waals surface area contributed by atoms with E-state index in [9.17, 15) is 4.79 Å². The first kappa shape index (κ1) is 23.0. The van der Waals surface area contributed by atoms with E-state index in [2.05, 4.69) is 5.10 Å². The lowest BCUT2D eigenvalue weighted by molar-refractivity contribution is 0.415. The first-order valence-corrected chi connectivity index (χ1v) is 11.9. The molecule has 0 saturated heterocycles. The quantitative estimate of drug-likeness (QED) is 0.189. The lowest BCUT2D eigenvalue weighted by atomic mass is 10.1. The van der Waals surface area contributed by atoms with Crippen LogP contribution in [0, 0.1) is 0 Å². The van der Waals surface area contributed by atoms with Crippen molar-refractivity contribution < 1.29 is 4.74 Å². The molecular weight excluding hydrogens is 454 g/mol. The first-order valence-electron chi connectivity index (χ1n) is 10.5. The van der Waals surface area contributed by atoms with Gasteiger partial charge in [0.2, 0.25) is 0 Å².